The highest BCUT2D eigenvalue weighted by Crippen LogP contribution is 2.36. The molecule has 1 fully saturated rings. The van der Waals surface area contributed by atoms with E-state index in [-0.39, 0.29) is 18.3 Å². The standard InChI is InChI=1S/C15H23BO3/c1-10-8-12(9-13(17-7)11(10)2)16-18-14(3,4)15(5,6)19-16/h8-9H,1-7H3. The number of rotatable bonds is 2. The first-order chi connectivity index (χ1) is 8.68. The molecule has 2 rings (SSSR count). The fourth-order valence-corrected chi connectivity index (χ4v) is 2.18. The van der Waals surface area contributed by atoms with Crippen LogP contribution in [0.15, 0.2) is 12.1 Å². The minimum absolute atomic E-state index is 0.316. The number of benzene rings is 1. The van der Waals surface area contributed by atoms with Crippen LogP contribution in [0.2, 0.25) is 0 Å². The normalized spacial score (nSPS) is 20.7. The molecule has 1 aromatic carbocycles. The molecule has 0 unspecified atom stereocenters. The van der Waals surface area contributed by atoms with Gasteiger partial charge in [-0.05, 0) is 64.2 Å². The van der Waals surface area contributed by atoms with Crippen LogP contribution < -0.4 is 10.2 Å². The highest BCUT2D eigenvalue weighted by molar-refractivity contribution is 6.62. The van der Waals surface area contributed by atoms with Gasteiger partial charge < -0.3 is 14.0 Å². The van der Waals surface area contributed by atoms with Crippen LogP contribution in [0.25, 0.3) is 0 Å². The Balaban J connectivity index is 2.37. The maximum Gasteiger partial charge on any atom is 0.494 e. The molecule has 1 aliphatic rings. The van der Waals surface area contributed by atoms with E-state index in [9.17, 15) is 0 Å². The van der Waals surface area contributed by atoms with Crippen molar-refractivity contribution in [2.24, 2.45) is 0 Å². The average molecular weight is 262 g/mol. The molecule has 0 saturated carbocycles. The number of hydrogen-bond acceptors (Lipinski definition) is 3. The summed E-state index contributed by atoms with van der Waals surface area (Å²) < 4.78 is 17.6. The zero-order chi connectivity index (χ0) is 14.4. The molecule has 0 aromatic heterocycles. The van der Waals surface area contributed by atoms with Gasteiger partial charge in [0.15, 0.2) is 0 Å². The molecule has 0 spiro atoms. The Morgan fingerprint density at radius 3 is 2.00 bits per heavy atom. The van der Waals surface area contributed by atoms with Gasteiger partial charge in [-0.15, -0.1) is 0 Å². The van der Waals surface area contributed by atoms with Crippen LogP contribution in [0.5, 0.6) is 5.75 Å². The van der Waals surface area contributed by atoms with Crippen LogP contribution in [0.3, 0.4) is 0 Å². The average Bonchev–Trinajstić information content (AvgIpc) is 2.52. The van der Waals surface area contributed by atoms with Crippen LogP contribution >= 0.6 is 0 Å². The third kappa shape index (κ3) is 2.39. The molecule has 19 heavy (non-hydrogen) atoms. The first-order valence-electron chi connectivity index (χ1n) is 6.69. The molecule has 0 bridgehead atoms. The first-order valence-corrected chi connectivity index (χ1v) is 6.69. The summed E-state index contributed by atoms with van der Waals surface area (Å²) in [6.07, 6.45) is 0. The van der Waals surface area contributed by atoms with E-state index in [2.05, 4.69) is 47.6 Å². The molecule has 1 aromatic rings. The lowest BCUT2D eigenvalue weighted by atomic mass is 9.77. The first kappa shape index (κ1) is 14.4. The molecule has 0 aliphatic carbocycles. The molecular formula is C15H23BO3. The van der Waals surface area contributed by atoms with Gasteiger partial charge >= 0.3 is 7.12 Å². The molecule has 0 radical (unpaired) electrons. The van der Waals surface area contributed by atoms with Gasteiger partial charge in [0, 0.05) is 0 Å². The van der Waals surface area contributed by atoms with E-state index in [1.54, 1.807) is 7.11 Å². The van der Waals surface area contributed by atoms with Crippen molar-refractivity contribution in [3.63, 3.8) is 0 Å². The Bertz CT molecular complexity index is 478. The monoisotopic (exact) mass is 262 g/mol. The Hall–Kier alpha value is -0.995. The SMILES string of the molecule is COc1cc(B2OC(C)(C)C(C)(C)O2)cc(C)c1C. The van der Waals surface area contributed by atoms with Crippen molar-refractivity contribution < 1.29 is 14.0 Å². The van der Waals surface area contributed by atoms with Crippen molar-refractivity contribution in [1.29, 1.82) is 0 Å². The van der Waals surface area contributed by atoms with Crippen molar-refractivity contribution in [1.82, 2.24) is 0 Å². The van der Waals surface area contributed by atoms with Crippen LogP contribution in [0.4, 0.5) is 0 Å². The van der Waals surface area contributed by atoms with Crippen LogP contribution in [-0.2, 0) is 9.31 Å². The fraction of sp³-hybridized carbons (Fsp3) is 0.600. The number of hydrogen-bond donors (Lipinski definition) is 0. The van der Waals surface area contributed by atoms with Gasteiger partial charge in [0.05, 0.1) is 18.3 Å². The second-order valence-electron chi connectivity index (χ2n) is 6.25. The van der Waals surface area contributed by atoms with Gasteiger partial charge in [-0.1, -0.05) is 6.07 Å². The molecule has 1 heterocycles. The third-order valence-corrected chi connectivity index (χ3v) is 4.39. The molecule has 3 nitrogen and oxygen atoms in total. The molecule has 104 valence electrons. The fourth-order valence-electron chi connectivity index (χ4n) is 2.18. The van der Waals surface area contributed by atoms with Gasteiger partial charge in [-0.25, -0.2) is 0 Å². The maximum atomic E-state index is 6.07. The van der Waals surface area contributed by atoms with E-state index in [0.29, 0.717) is 0 Å². The quantitative estimate of drug-likeness (QED) is 0.767. The minimum Gasteiger partial charge on any atom is -0.496 e. The van der Waals surface area contributed by atoms with Gasteiger partial charge in [-0.3, -0.25) is 0 Å². The van der Waals surface area contributed by atoms with Crippen molar-refractivity contribution in [3.05, 3.63) is 23.3 Å². The van der Waals surface area contributed by atoms with E-state index in [1.807, 2.05) is 6.07 Å². The Morgan fingerprint density at radius 1 is 1.00 bits per heavy atom. The predicted octanol–water partition coefficient (Wildman–Crippen LogP) is 2.61. The number of aryl methyl sites for hydroxylation is 1. The highest BCUT2D eigenvalue weighted by atomic mass is 16.7. The summed E-state index contributed by atoms with van der Waals surface area (Å²) in [5.74, 6) is 0.879. The lowest BCUT2D eigenvalue weighted by Crippen LogP contribution is -2.41. The summed E-state index contributed by atoms with van der Waals surface area (Å²) in [5.41, 5.74) is 2.72. The van der Waals surface area contributed by atoms with E-state index < -0.39 is 0 Å². The number of ether oxygens (including phenoxy) is 1. The predicted molar refractivity (Wildman–Crippen MR) is 78.2 cm³/mol. The van der Waals surface area contributed by atoms with Gasteiger partial charge in [0.1, 0.15) is 5.75 Å². The minimum atomic E-state index is -0.335. The van der Waals surface area contributed by atoms with E-state index in [1.165, 1.54) is 5.56 Å². The second-order valence-corrected chi connectivity index (χ2v) is 6.25. The van der Waals surface area contributed by atoms with Crippen LogP contribution in [0.1, 0.15) is 38.8 Å². The lowest BCUT2D eigenvalue weighted by Gasteiger charge is -2.32. The second kappa shape index (κ2) is 4.53. The molecule has 0 N–H and O–H groups in total. The summed E-state index contributed by atoms with van der Waals surface area (Å²) in [6, 6.07) is 4.12. The largest absolute Gasteiger partial charge is 0.496 e. The zero-order valence-corrected chi connectivity index (χ0v) is 13.0. The summed E-state index contributed by atoms with van der Waals surface area (Å²) in [7, 11) is 1.36. The Kier molecular flexibility index (Phi) is 3.44. The maximum absolute atomic E-state index is 6.07. The smallest absolute Gasteiger partial charge is 0.494 e. The van der Waals surface area contributed by atoms with Gasteiger partial charge in [-0.2, -0.15) is 0 Å². The van der Waals surface area contributed by atoms with Gasteiger partial charge in [0.2, 0.25) is 0 Å². The van der Waals surface area contributed by atoms with Crippen molar-refractivity contribution >= 4 is 12.6 Å². The van der Waals surface area contributed by atoms with Crippen molar-refractivity contribution in [3.8, 4) is 5.75 Å². The molecule has 0 atom stereocenters. The van der Waals surface area contributed by atoms with E-state index in [4.69, 9.17) is 14.0 Å². The third-order valence-electron chi connectivity index (χ3n) is 4.39. The Morgan fingerprint density at radius 2 is 1.53 bits per heavy atom. The van der Waals surface area contributed by atoms with E-state index in [0.717, 1.165) is 16.8 Å². The lowest BCUT2D eigenvalue weighted by molar-refractivity contribution is 0.00578. The molecule has 1 saturated heterocycles. The molecule has 4 heteroatoms. The zero-order valence-electron chi connectivity index (χ0n) is 13.0. The topological polar surface area (TPSA) is 27.7 Å². The van der Waals surface area contributed by atoms with Crippen LogP contribution in [0, 0.1) is 13.8 Å². The summed E-state index contributed by atoms with van der Waals surface area (Å²) in [5, 5.41) is 0. The van der Waals surface area contributed by atoms with E-state index >= 15 is 0 Å². The van der Waals surface area contributed by atoms with Gasteiger partial charge in [0.25, 0.3) is 0 Å². The highest BCUT2D eigenvalue weighted by Gasteiger charge is 2.51. The van der Waals surface area contributed by atoms with Crippen molar-refractivity contribution in [2.45, 2.75) is 52.7 Å². The summed E-state index contributed by atoms with van der Waals surface area (Å²) >= 11 is 0. The molecule has 1 aliphatic heterocycles. The summed E-state index contributed by atoms with van der Waals surface area (Å²) in [6.45, 7) is 12.4. The number of methoxy groups -OCH3 is 1. The van der Waals surface area contributed by atoms with Crippen LogP contribution in [-0.4, -0.2) is 25.4 Å². The molecule has 0 amide bonds. The Labute approximate surface area is 116 Å². The molecular weight excluding hydrogens is 239 g/mol. The van der Waals surface area contributed by atoms with Crippen molar-refractivity contribution in [2.75, 3.05) is 7.11 Å². The summed E-state index contributed by atoms with van der Waals surface area (Å²) in [4.78, 5) is 0.